The number of nitrogens with two attached hydrogens (primary N) is 1. The zero-order valence-corrected chi connectivity index (χ0v) is 11.4. The molecule has 3 nitrogen and oxygen atoms in total. The van der Waals surface area contributed by atoms with Gasteiger partial charge in [0.25, 0.3) is 0 Å². The molecule has 2 N–H and O–H groups in total. The normalized spacial score (nSPS) is 17.6. The number of benzene rings is 1. The van der Waals surface area contributed by atoms with Gasteiger partial charge in [-0.25, -0.2) is 0 Å². The minimum Gasteiger partial charge on any atom is -0.493 e. The summed E-state index contributed by atoms with van der Waals surface area (Å²) in [5.41, 5.74) is 6.65. The van der Waals surface area contributed by atoms with Gasteiger partial charge in [-0.3, -0.25) is 4.79 Å². The van der Waals surface area contributed by atoms with E-state index < -0.39 is 0 Å². The molecule has 0 saturated heterocycles. The Hall–Kier alpha value is -1.35. The predicted molar refractivity (Wildman–Crippen MR) is 76.4 cm³/mol. The van der Waals surface area contributed by atoms with Crippen molar-refractivity contribution in [3.05, 3.63) is 29.8 Å². The van der Waals surface area contributed by atoms with E-state index >= 15 is 0 Å². The first-order chi connectivity index (χ1) is 9.31. The Balaban J connectivity index is 1.85. The maximum atomic E-state index is 12.0. The molecule has 0 spiro atoms. The summed E-state index contributed by atoms with van der Waals surface area (Å²) in [6, 6.07) is 8.08. The lowest BCUT2D eigenvalue weighted by molar-refractivity contribution is -0.119. The summed E-state index contributed by atoms with van der Waals surface area (Å²) in [7, 11) is 0. The van der Waals surface area contributed by atoms with Crippen LogP contribution in [0.2, 0.25) is 0 Å². The van der Waals surface area contributed by atoms with Gasteiger partial charge in [0, 0.05) is 12.8 Å². The molecule has 1 unspecified atom stereocenters. The number of unbranched alkanes of at least 4 members (excludes halogenated alkanes) is 2. The van der Waals surface area contributed by atoms with Crippen LogP contribution < -0.4 is 10.5 Å². The average molecular weight is 261 g/mol. The van der Waals surface area contributed by atoms with Crippen LogP contribution in [0.25, 0.3) is 0 Å². The van der Waals surface area contributed by atoms with Gasteiger partial charge in [-0.05, 0) is 43.4 Å². The predicted octanol–water partition coefficient (Wildman–Crippen LogP) is 3.03. The van der Waals surface area contributed by atoms with Crippen molar-refractivity contribution in [2.45, 2.75) is 44.4 Å². The third-order valence-electron chi connectivity index (χ3n) is 3.72. The molecule has 0 radical (unpaired) electrons. The first kappa shape index (κ1) is 14.1. The van der Waals surface area contributed by atoms with Gasteiger partial charge in [0.1, 0.15) is 11.5 Å². The first-order valence-electron chi connectivity index (χ1n) is 7.24. The van der Waals surface area contributed by atoms with Crippen LogP contribution in [0.4, 0.5) is 0 Å². The Morgan fingerprint density at radius 2 is 2.11 bits per heavy atom. The van der Waals surface area contributed by atoms with E-state index in [9.17, 15) is 4.79 Å². The molecule has 0 amide bonds. The molecule has 1 aliphatic rings. The molecule has 104 valence electrons. The zero-order valence-electron chi connectivity index (χ0n) is 11.4. The van der Waals surface area contributed by atoms with E-state index in [-0.39, 0.29) is 0 Å². The molecule has 19 heavy (non-hydrogen) atoms. The van der Waals surface area contributed by atoms with Crippen LogP contribution >= 0.6 is 0 Å². The highest BCUT2D eigenvalue weighted by Crippen LogP contribution is 2.35. The summed E-state index contributed by atoms with van der Waals surface area (Å²) >= 11 is 0. The summed E-state index contributed by atoms with van der Waals surface area (Å²) in [6.45, 7) is 1.45. The monoisotopic (exact) mass is 261 g/mol. The lowest BCUT2D eigenvalue weighted by Gasteiger charge is -2.25. The number of para-hydroxylation sites is 1. The van der Waals surface area contributed by atoms with Crippen LogP contribution in [-0.4, -0.2) is 18.9 Å². The fourth-order valence-electron chi connectivity index (χ4n) is 2.65. The standard InChI is InChI=1S/C16H23NO2/c17-10-5-1-2-6-14(18)12-13-9-11-19-16-8-4-3-7-15(13)16/h3-4,7-8,13H,1-2,5-6,9-12,17H2. The summed E-state index contributed by atoms with van der Waals surface area (Å²) in [6.07, 6.45) is 5.36. The lowest BCUT2D eigenvalue weighted by Crippen LogP contribution is -2.17. The molecule has 0 saturated carbocycles. The van der Waals surface area contributed by atoms with Gasteiger partial charge in [0.05, 0.1) is 6.61 Å². The Labute approximate surface area is 115 Å². The van der Waals surface area contributed by atoms with E-state index in [0.717, 1.165) is 44.6 Å². The molecule has 1 aromatic carbocycles. The van der Waals surface area contributed by atoms with Crippen molar-refractivity contribution >= 4 is 5.78 Å². The number of hydrogen-bond acceptors (Lipinski definition) is 3. The van der Waals surface area contributed by atoms with Gasteiger partial charge >= 0.3 is 0 Å². The summed E-state index contributed by atoms with van der Waals surface area (Å²) in [5, 5.41) is 0. The molecule has 0 aromatic heterocycles. The maximum absolute atomic E-state index is 12.0. The van der Waals surface area contributed by atoms with Crippen LogP contribution in [0.15, 0.2) is 24.3 Å². The second-order valence-corrected chi connectivity index (χ2v) is 5.21. The smallest absolute Gasteiger partial charge is 0.133 e. The summed E-state index contributed by atoms with van der Waals surface area (Å²) in [4.78, 5) is 12.0. The van der Waals surface area contributed by atoms with Gasteiger partial charge in [-0.15, -0.1) is 0 Å². The van der Waals surface area contributed by atoms with Gasteiger partial charge < -0.3 is 10.5 Å². The number of rotatable bonds is 7. The Kier molecular flexibility index (Phi) is 5.40. The van der Waals surface area contributed by atoms with E-state index in [1.807, 2.05) is 18.2 Å². The topological polar surface area (TPSA) is 52.3 Å². The largest absolute Gasteiger partial charge is 0.493 e. The number of Topliss-reactive ketones (excluding diaryl/α,β-unsaturated/α-hetero) is 1. The van der Waals surface area contributed by atoms with Crippen molar-refractivity contribution in [1.82, 2.24) is 0 Å². The third kappa shape index (κ3) is 4.06. The Bertz CT molecular complexity index is 417. The lowest BCUT2D eigenvalue weighted by atomic mass is 9.88. The second-order valence-electron chi connectivity index (χ2n) is 5.21. The molecule has 0 aliphatic carbocycles. The number of ether oxygens (including phenoxy) is 1. The van der Waals surface area contributed by atoms with Gasteiger partial charge in [0.2, 0.25) is 0 Å². The van der Waals surface area contributed by atoms with Crippen molar-refractivity contribution < 1.29 is 9.53 Å². The third-order valence-corrected chi connectivity index (χ3v) is 3.72. The number of hydrogen-bond donors (Lipinski definition) is 1. The zero-order chi connectivity index (χ0) is 13.5. The quantitative estimate of drug-likeness (QED) is 0.768. The summed E-state index contributed by atoms with van der Waals surface area (Å²) < 4.78 is 5.62. The van der Waals surface area contributed by atoms with Crippen LogP contribution in [0.1, 0.15) is 50.0 Å². The highest BCUT2D eigenvalue weighted by molar-refractivity contribution is 5.79. The highest BCUT2D eigenvalue weighted by atomic mass is 16.5. The Morgan fingerprint density at radius 3 is 2.95 bits per heavy atom. The van der Waals surface area contributed by atoms with Crippen molar-refractivity contribution in [2.24, 2.45) is 5.73 Å². The molecule has 0 fully saturated rings. The van der Waals surface area contributed by atoms with Gasteiger partial charge in [-0.2, -0.15) is 0 Å². The number of carbonyl (C=O) groups is 1. The molecule has 1 heterocycles. The van der Waals surface area contributed by atoms with E-state index in [4.69, 9.17) is 10.5 Å². The molecule has 1 aliphatic heterocycles. The van der Waals surface area contributed by atoms with Crippen molar-refractivity contribution in [1.29, 1.82) is 0 Å². The molecule has 3 heteroatoms. The molecular formula is C16H23NO2. The molecule has 2 rings (SSSR count). The molecule has 1 aromatic rings. The Morgan fingerprint density at radius 1 is 1.26 bits per heavy atom. The minimum absolute atomic E-state index is 0.340. The highest BCUT2D eigenvalue weighted by Gasteiger charge is 2.22. The number of fused-ring (bicyclic) bond motifs is 1. The first-order valence-corrected chi connectivity index (χ1v) is 7.24. The molecule has 0 bridgehead atoms. The second kappa shape index (κ2) is 7.29. The van der Waals surface area contributed by atoms with Crippen LogP contribution in [0.5, 0.6) is 5.75 Å². The molecule has 1 atom stereocenters. The fourth-order valence-corrected chi connectivity index (χ4v) is 2.65. The van der Waals surface area contributed by atoms with Crippen LogP contribution in [0, 0.1) is 0 Å². The van der Waals surface area contributed by atoms with Crippen LogP contribution in [0.3, 0.4) is 0 Å². The van der Waals surface area contributed by atoms with Gasteiger partial charge in [-0.1, -0.05) is 24.6 Å². The fraction of sp³-hybridized carbons (Fsp3) is 0.562. The van der Waals surface area contributed by atoms with Crippen LogP contribution in [-0.2, 0) is 4.79 Å². The van der Waals surface area contributed by atoms with E-state index in [2.05, 4.69) is 6.07 Å². The number of carbonyl (C=O) groups excluding carboxylic acids is 1. The molecular weight excluding hydrogens is 238 g/mol. The van der Waals surface area contributed by atoms with Crippen molar-refractivity contribution in [3.63, 3.8) is 0 Å². The van der Waals surface area contributed by atoms with Gasteiger partial charge in [0.15, 0.2) is 0 Å². The van der Waals surface area contributed by atoms with Crippen molar-refractivity contribution in [2.75, 3.05) is 13.2 Å². The van der Waals surface area contributed by atoms with E-state index in [1.165, 1.54) is 5.56 Å². The SMILES string of the molecule is NCCCCCC(=O)CC1CCOc2ccccc21. The summed E-state index contributed by atoms with van der Waals surface area (Å²) in [5.74, 6) is 1.67. The van der Waals surface area contributed by atoms with Crippen molar-refractivity contribution in [3.8, 4) is 5.75 Å². The van der Waals surface area contributed by atoms with E-state index in [1.54, 1.807) is 0 Å². The minimum atomic E-state index is 0.340. The average Bonchev–Trinajstić information content (AvgIpc) is 2.44. The number of ketones is 1. The van der Waals surface area contributed by atoms with E-state index in [0.29, 0.717) is 24.5 Å². The maximum Gasteiger partial charge on any atom is 0.133 e.